The number of likely N-dealkylation sites (tertiary alicyclic amines) is 1. The van der Waals surface area contributed by atoms with Gasteiger partial charge in [0.1, 0.15) is 6.10 Å². The molecule has 0 spiro atoms. The summed E-state index contributed by atoms with van der Waals surface area (Å²) < 4.78 is 10.6. The molecule has 1 saturated heterocycles. The number of imidazole rings is 1. The molecule has 29 heavy (non-hydrogen) atoms. The lowest BCUT2D eigenvalue weighted by Crippen LogP contribution is -2.42. The Morgan fingerprint density at radius 3 is 2.34 bits per heavy atom. The summed E-state index contributed by atoms with van der Waals surface area (Å²) in [6.45, 7) is 2.07. The third-order valence-electron chi connectivity index (χ3n) is 6.40. The average Bonchev–Trinajstić information content (AvgIpc) is 3.63. The van der Waals surface area contributed by atoms with Crippen molar-refractivity contribution in [3.63, 3.8) is 0 Å². The second-order valence-corrected chi connectivity index (χ2v) is 8.74. The molecule has 9 nitrogen and oxygen atoms in total. The quantitative estimate of drug-likeness (QED) is 0.733. The van der Waals surface area contributed by atoms with E-state index in [9.17, 15) is 14.4 Å². The number of aryl methyl sites for hydroxylation is 1. The molecule has 2 aromatic rings. The molecule has 2 aromatic heterocycles. The van der Waals surface area contributed by atoms with Gasteiger partial charge in [-0.2, -0.15) is 4.98 Å². The van der Waals surface area contributed by atoms with Crippen molar-refractivity contribution in [3.05, 3.63) is 20.8 Å². The molecule has 2 aliphatic carbocycles. The number of piperidine rings is 1. The Balaban J connectivity index is 1.43. The van der Waals surface area contributed by atoms with E-state index in [0.29, 0.717) is 42.7 Å². The van der Waals surface area contributed by atoms with Gasteiger partial charge in [-0.1, -0.05) is 0 Å². The number of rotatable bonds is 5. The molecule has 3 aliphatic rings. The third kappa shape index (κ3) is 3.26. The van der Waals surface area contributed by atoms with Crippen molar-refractivity contribution in [2.45, 2.75) is 51.2 Å². The number of carbonyl (C=O) groups excluding carboxylic acids is 1. The molecule has 1 aliphatic heterocycles. The second-order valence-electron chi connectivity index (χ2n) is 8.74. The van der Waals surface area contributed by atoms with E-state index in [1.165, 1.54) is 11.6 Å². The molecular weight excluding hydrogens is 374 g/mol. The summed E-state index contributed by atoms with van der Waals surface area (Å²) in [4.78, 5) is 43.9. The molecule has 5 rings (SSSR count). The monoisotopic (exact) mass is 401 g/mol. The normalized spacial score (nSPS) is 20.4. The summed E-state index contributed by atoms with van der Waals surface area (Å²) >= 11 is 0. The number of hydrogen-bond donors (Lipinski definition) is 0. The minimum absolute atomic E-state index is 0.0473. The maximum atomic E-state index is 12.8. The fourth-order valence-electron chi connectivity index (χ4n) is 4.18. The third-order valence-corrected chi connectivity index (χ3v) is 6.40. The van der Waals surface area contributed by atoms with Crippen LogP contribution >= 0.6 is 0 Å². The largest absolute Gasteiger partial charge is 0.461 e. The zero-order chi connectivity index (χ0) is 20.3. The van der Waals surface area contributed by atoms with Crippen LogP contribution in [0.4, 0.5) is 0 Å². The zero-order valence-electron chi connectivity index (χ0n) is 17.0. The Morgan fingerprint density at radius 2 is 1.72 bits per heavy atom. The lowest BCUT2D eigenvalue weighted by atomic mass is 10.1. The van der Waals surface area contributed by atoms with Gasteiger partial charge in [-0.05, 0) is 31.6 Å². The van der Waals surface area contributed by atoms with Crippen molar-refractivity contribution in [1.82, 2.24) is 23.6 Å². The first kappa shape index (κ1) is 18.4. The number of ether oxygens (including phenoxy) is 1. The Labute approximate surface area is 167 Å². The summed E-state index contributed by atoms with van der Waals surface area (Å²) in [5.74, 6) is 1.05. The molecule has 0 radical (unpaired) electrons. The van der Waals surface area contributed by atoms with Crippen LogP contribution in [-0.2, 0) is 25.4 Å². The molecule has 0 N–H and O–H groups in total. The highest BCUT2D eigenvalue weighted by Crippen LogP contribution is 2.34. The van der Waals surface area contributed by atoms with E-state index in [0.717, 1.165) is 43.1 Å². The second kappa shape index (κ2) is 6.74. The molecule has 3 fully saturated rings. The van der Waals surface area contributed by atoms with Crippen LogP contribution in [0.1, 0.15) is 38.5 Å². The van der Waals surface area contributed by atoms with Gasteiger partial charge in [0, 0.05) is 52.5 Å². The van der Waals surface area contributed by atoms with Crippen molar-refractivity contribution in [2.24, 2.45) is 25.9 Å². The Bertz CT molecular complexity index is 1080. The molecule has 9 heteroatoms. The number of amides is 1. The standard InChI is InChI=1S/C20H27N5O4/c1-22-16-15(18(27)23(2)20(22)28)25(11-12-3-4-12)19(21-16)29-14-7-9-24(10-8-14)17(26)13-5-6-13/h12-14H,3-11H2,1-2H3. The number of hydrogen-bond acceptors (Lipinski definition) is 5. The van der Waals surface area contributed by atoms with E-state index >= 15 is 0 Å². The fourth-order valence-corrected chi connectivity index (χ4v) is 4.18. The summed E-state index contributed by atoms with van der Waals surface area (Å²) in [5, 5.41) is 0. The van der Waals surface area contributed by atoms with Crippen molar-refractivity contribution in [2.75, 3.05) is 13.1 Å². The SMILES string of the molecule is Cn1c(=O)c2c(nc(OC3CCN(C(=O)C4CC4)CC3)n2CC2CC2)n(C)c1=O. The van der Waals surface area contributed by atoms with Gasteiger partial charge in [-0.3, -0.25) is 23.3 Å². The average molecular weight is 401 g/mol. The van der Waals surface area contributed by atoms with E-state index < -0.39 is 5.69 Å². The van der Waals surface area contributed by atoms with E-state index in [4.69, 9.17) is 4.74 Å². The zero-order valence-corrected chi connectivity index (χ0v) is 17.0. The topological polar surface area (TPSA) is 91.4 Å². The van der Waals surface area contributed by atoms with Gasteiger partial charge < -0.3 is 9.64 Å². The Hall–Kier alpha value is -2.58. The van der Waals surface area contributed by atoms with Gasteiger partial charge in [0.05, 0.1) is 0 Å². The predicted octanol–water partition coefficient (Wildman–Crippen LogP) is 0.623. The smallest absolute Gasteiger partial charge is 0.332 e. The van der Waals surface area contributed by atoms with Crippen LogP contribution in [-0.4, -0.2) is 48.7 Å². The molecule has 156 valence electrons. The van der Waals surface area contributed by atoms with E-state index in [1.54, 1.807) is 7.05 Å². The molecule has 0 bridgehead atoms. The van der Waals surface area contributed by atoms with Crippen LogP contribution in [0.15, 0.2) is 9.59 Å². The first-order valence-corrected chi connectivity index (χ1v) is 10.6. The van der Waals surface area contributed by atoms with Crippen molar-refractivity contribution < 1.29 is 9.53 Å². The summed E-state index contributed by atoms with van der Waals surface area (Å²) in [5.41, 5.74) is 0.0703. The van der Waals surface area contributed by atoms with Gasteiger partial charge in [0.15, 0.2) is 11.2 Å². The number of nitrogens with zero attached hydrogens (tertiary/aromatic N) is 5. The van der Waals surface area contributed by atoms with Crippen LogP contribution in [0.3, 0.4) is 0 Å². The molecule has 3 heterocycles. The van der Waals surface area contributed by atoms with Crippen molar-refractivity contribution in [1.29, 1.82) is 0 Å². The highest BCUT2D eigenvalue weighted by molar-refractivity contribution is 5.81. The molecule has 0 aromatic carbocycles. The van der Waals surface area contributed by atoms with Crippen molar-refractivity contribution >= 4 is 17.1 Å². The van der Waals surface area contributed by atoms with Gasteiger partial charge in [-0.15, -0.1) is 0 Å². The fraction of sp³-hybridized carbons (Fsp3) is 0.700. The molecule has 2 saturated carbocycles. The highest BCUT2D eigenvalue weighted by Gasteiger charge is 2.36. The molecule has 1 amide bonds. The highest BCUT2D eigenvalue weighted by atomic mass is 16.5. The Morgan fingerprint density at radius 1 is 1.03 bits per heavy atom. The van der Waals surface area contributed by atoms with Crippen molar-refractivity contribution in [3.8, 4) is 6.01 Å². The maximum absolute atomic E-state index is 12.8. The van der Waals surface area contributed by atoms with E-state index in [2.05, 4.69) is 4.98 Å². The van der Waals surface area contributed by atoms with Gasteiger partial charge >= 0.3 is 5.69 Å². The van der Waals surface area contributed by atoms with Crippen LogP contribution < -0.4 is 16.0 Å². The minimum atomic E-state index is -0.392. The van der Waals surface area contributed by atoms with Crippen LogP contribution in [0.5, 0.6) is 6.01 Å². The lowest BCUT2D eigenvalue weighted by Gasteiger charge is -2.32. The van der Waals surface area contributed by atoms with E-state index in [1.807, 2.05) is 9.47 Å². The number of carbonyl (C=O) groups is 1. The van der Waals surface area contributed by atoms with Gasteiger partial charge in [0.25, 0.3) is 11.6 Å². The molecule has 0 atom stereocenters. The minimum Gasteiger partial charge on any atom is -0.461 e. The van der Waals surface area contributed by atoms with E-state index in [-0.39, 0.29) is 23.5 Å². The molecular formula is C20H27N5O4. The van der Waals surface area contributed by atoms with Crippen LogP contribution in [0, 0.1) is 11.8 Å². The maximum Gasteiger partial charge on any atom is 0.332 e. The van der Waals surface area contributed by atoms with Gasteiger partial charge in [0.2, 0.25) is 5.91 Å². The van der Waals surface area contributed by atoms with Crippen LogP contribution in [0.2, 0.25) is 0 Å². The number of fused-ring (bicyclic) bond motifs is 1. The predicted molar refractivity (Wildman–Crippen MR) is 106 cm³/mol. The number of aromatic nitrogens is 4. The first-order chi connectivity index (χ1) is 13.9. The van der Waals surface area contributed by atoms with Crippen LogP contribution in [0.25, 0.3) is 11.2 Å². The van der Waals surface area contributed by atoms with Gasteiger partial charge in [-0.25, -0.2) is 4.79 Å². The Kier molecular flexibility index (Phi) is 4.29. The summed E-state index contributed by atoms with van der Waals surface area (Å²) in [7, 11) is 3.12. The first-order valence-electron chi connectivity index (χ1n) is 10.6. The summed E-state index contributed by atoms with van der Waals surface area (Å²) in [6, 6.07) is 0.414. The molecule has 0 unspecified atom stereocenters. The lowest BCUT2D eigenvalue weighted by molar-refractivity contribution is -0.134. The summed E-state index contributed by atoms with van der Waals surface area (Å²) in [6.07, 6.45) is 5.76.